The van der Waals surface area contributed by atoms with Gasteiger partial charge in [0.15, 0.2) is 0 Å². The minimum Gasteiger partial charge on any atom is -0.351 e. The van der Waals surface area contributed by atoms with Crippen molar-refractivity contribution in [3.05, 3.63) is 17.9 Å². The quantitative estimate of drug-likeness (QED) is 0.922. The summed E-state index contributed by atoms with van der Waals surface area (Å²) in [6.45, 7) is 0. The van der Waals surface area contributed by atoms with Crippen molar-refractivity contribution in [3.8, 4) is 5.95 Å². The van der Waals surface area contributed by atoms with Crippen LogP contribution < -0.4 is 5.32 Å². The van der Waals surface area contributed by atoms with Crippen LogP contribution in [0.1, 0.15) is 19.3 Å². The summed E-state index contributed by atoms with van der Waals surface area (Å²) in [6, 6.07) is 0.384. The van der Waals surface area contributed by atoms with E-state index in [9.17, 15) is 0 Å². The molecule has 1 fully saturated rings. The minimum absolute atomic E-state index is 0.146. The lowest BCUT2D eigenvalue weighted by Crippen LogP contribution is -2.19. The predicted octanol–water partition coefficient (Wildman–Crippen LogP) is 1.80. The van der Waals surface area contributed by atoms with Gasteiger partial charge in [-0.15, -0.1) is 0 Å². The number of thioether (sulfide) groups is 1. The fourth-order valence-electron chi connectivity index (χ4n) is 2.29. The number of hydrogen-bond donors (Lipinski definition) is 1. The van der Waals surface area contributed by atoms with E-state index in [4.69, 9.17) is 11.6 Å². The van der Waals surface area contributed by atoms with Crippen LogP contribution in [0.15, 0.2) is 12.7 Å². The molecule has 0 aliphatic heterocycles. The third-order valence-corrected chi connectivity index (χ3v) is 4.53. The first kappa shape index (κ1) is 13.6. The summed E-state index contributed by atoms with van der Waals surface area (Å²) in [5, 5.41) is 8.17. The summed E-state index contributed by atoms with van der Waals surface area (Å²) in [7, 11) is 0. The summed E-state index contributed by atoms with van der Waals surface area (Å²) in [4.78, 5) is 16.4. The molecule has 2 aromatic rings. The second-order valence-corrected chi connectivity index (χ2v) is 6.06. The van der Waals surface area contributed by atoms with E-state index in [2.05, 4.69) is 36.6 Å². The van der Waals surface area contributed by atoms with Gasteiger partial charge in [-0.2, -0.15) is 36.5 Å². The van der Waals surface area contributed by atoms with Crippen LogP contribution in [0.5, 0.6) is 0 Å². The smallest absolute Gasteiger partial charge is 0.258 e. The zero-order valence-corrected chi connectivity index (χ0v) is 12.5. The average molecular weight is 312 g/mol. The average Bonchev–Trinajstić information content (AvgIpc) is 3.09. The van der Waals surface area contributed by atoms with Crippen molar-refractivity contribution in [3.63, 3.8) is 0 Å². The van der Waals surface area contributed by atoms with E-state index in [0.29, 0.717) is 23.2 Å². The van der Waals surface area contributed by atoms with Crippen molar-refractivity contribution in [1.29, 1.82) is 0 Å². The molecule has 0 radical (unpaired) electrons. The Kier molecular flexibility index (Phi) is 4.02. The highest BCUT2D eigenvalue weighted by molar-refractivity contribution is 7.99. The predicted molar refractivity (Wildman–Crippen MR) is 78.3 cm³/mol. The van der Waals surface area contributed by atoms with Gasteiger partial charge in [0.2, 0.25) is 11.2 Å². The van der Waals surface area contributed by atoms with E-state index in [1.165, 1.54) is 23.8 Å². The Morgan fingerprint density at radius 3 is 2.95 bits per heavy atom. The first-order valence-electron chi connectivity index (χ1n) is 6.30. The zero-order chi connectivity index (χ0) is 13.9. The fraction of sp³-hybridized carbons (Fsp3) is 0.545. The zero-order valence-electron chi connectivity index (χ0n) is 10.9. The van der Waals surface area contributed by atoms with Crippen LogP contribution in [-0.2, 0) is 0 Å². The number of hydrogen-bond acceptors (Lipinski definition) is 7. The molecule has 106 valence electrons. The highest BCUT2D eigenvalue weighted by Crippen LogP contribution is 2.29. The Morgan fingerprint density at radius 2 is 2.25 bits per heavy atom. The molecule has 9 heteroatoms. The molecule has 1 aliphatic carbocycles. The van der Waals surface area contributed by atoms with Gasteiger partial charge in [-0.3, -0.25) is 0 Å². The van der Waals surface area contributed by atoms with Gasteiger partial charge >= 0.3 is 0 Å². The molecule has 0 bridgehead atoms. The first-order valence-corrected chi connectivity index (χ1v) is 7.97. The topological polar surface area (TPSA) is 81.4 Å². The number of nitrogens with one attached hydrogen (secondary N) is 1. The SMILES string of the molecule is CSC1CCC(Nc2nc(Cl)nc(-n3cncn3)n2)C1. The van der Waals surface area contributed by atoms with Gasteiger partial charge in [0.1, 0.15) is 12.7 Å². The van der Waals surface area contributed by atoms with E-state index in [1.807, 2.05) is 11.8 Å². The van der Waals surface area contributed by atoms with Crippen molar-refractivity contribution < 1.29 is 0 Å². The molecular formula is C11H14ClN7S. The van der Waals surface area contributed by atoms with Crippen LogP contribution in [0.3, 0.4) is 0 Å². The molecule has 2 unspecified atom stereocenters. The van der Waals surface area contributed by atoms with Crippen molar-refractivity contribution in [2.45, 2.75) is 30.6 Å². The van der Waals surface area contributed by atoms with Gasteiger partial charge < -0.3 is 5.32 Å². The standard InChI is InChI=1S/C11H14ClN7S/c1-20-8-3-2-7(4-8)15-10-16-9(12)17-11(18-10)19-6-13-5-14-19/h5-8H,2-4H2,1H3,(H,15,16,17,18). The number of anilines is 1. The lowest BCUT2D eigenvalue weighted by molar-refractivity contribution is 0.733. The fourth-order valence-corrected chi connectivity index (χ4v) is 3.24. The molecule has 0 spiro atoms. The molecular weight excluding hydrogens is 298 g/mol. The molecule has 2 heterocycles. The normalized spacial score (nSPS) is 22.1. The Bertz CT molecular complexity index is 576. The molecule has 1 N–H and O–H groups in total. The number of nitrogens with zero attached hydrogens (tertiary/aromatic N) is 6. The molecule has 3 rings (SSSR count). The van der Waals surface area contributed by atoms with Crippen LogP contribution in [0.25, 0.3) is 5.95 Å². The van der Waals surface area contributed by atoms with E-state index in [-0.39, 0.29) is 5.28 Å². The maximum Gasteiger partial charge on any atom is 0.258 e. The minimum atomic E-state index is 0.146. The van der Waals surface area contributed by atoms with Crippen molar-refractivity contribution in [1.82, 2.24) is 29.7 Å². The van der Waals surface area contributed by atoms with E-state index >= 15 is 0 Å². The second kappa shape index (κ2) is 5.92. The highest BCUT2D eigenvalue weighted by atomic mass is 35.5. The van der Waals surface area contributed by atoms with E-state index in [0.717, 1.165) is 12.8 Å². The van der Waals surface area contributed by atoms with Gasteiger partial charge in [0.05, 0.1) is 0 Å². The summed E-state index contributed by atoms with van der Waals surface area (Å²) in [5.74, 6) is 0.853. The van der Waals surface area contributed by atoms with Crippen molar-refractivity contribution in [2.24, 2.45) is 0 Å². The van der Waals surface area contributed by atoms with Gasteiger partial charge in [-0.25, -0.2) is 4.98 Å². The molecule has 1 aliphatic rings. The molecule has 1 saturated carbocycles. The summed E-state index contributed by atoms with van der Waals surface area (Å²) in [6.07, 6.45) is 8.54. The third-order valence-electron chi connectivity index (χ3n) is 3.27. The highest BCUT2D eigenvalue weighted by Gasteiger charge is 2.24. The lowest BCUT2D eigenvalue weighted by Gasteiger charge is -2.13. The number of rotatable bonds is 4. The maximum absolute atomic E-state index is 5.94. The summed E-state index contributed by atoms with van der Waals surface area (Å²) < 4.78 is 1.46. The van der Waals surface area contributed by atoms with E-state index in [1.54, 1.807) is 0 Å². The van der Waals surface area contributed by atoms with Crippen LogP contribution in [0, 0.1) is 0 Å². The van der Waals surface area contributed by atoms with Crippen molar-refractivity contribution >= 4 is 29.3 Å². The molecule has 0 aromatic carbocycles. The third kappa shape index (κ3) is 3.01. The second-order valence-electron chi connectivity index (χ2n) is 4.58. The summed E-state index contributed by atoms with van der Waals surface area (Å²) >= 11 is 7.85. The van der Waals surface area contributed by atoms with Gasteiger partial charge in [0.25, 0.3) is 5.95 Å². The maximum atomic E-state index is 5.94. The van der Waals surface area contributed by atoms with Crippen LogP contribution in [0.2, 0.25) is 5.28 Å². The number of halogens is 1. The number of aromatic nitrogens is 6. The molecule has 20 heavy (non-hydrogen) atoms. The first-order chi connectivity index (χ1) is 9.74. The van der Waals surface area contributed by atoms with Crippen molar-refractivity contribution in [2.75, 3.05) is 11.6 Å². The molecule has 7 nitrogen and oxygen atoms in total. The van der Waals surface area contributed by atoms with Crippen LogP contribution in [0.4, 0.5) is 5.95 Å². The molecule has 2 aromatic heterocycles. The Balaban J connectivity index is 1.77. The Labute approximate surface area is 125 Å². The van der Waals surface area contributed by atoms with Crippen LogP contribution in [-0.4, -0.2) is 47.3 Å². The van der Waals surface area contributed by atoms with E-state index < -0.39 is 0 Å². The van der Waals surface area contributed by atoms with Gasteiger partial charge in [-0.05, 0) is 37.1 Å². The van der Waals surface area contributed by atoms with Gasteiger partial charge in [-0.1, -0.05) is 0 Å². The largest absolute Gasteiger partial charge is 0.351 e. The van der Waals surface area contributed by atoms with Gasteiger partial charge in [0, 0.05) is 11.3 Å². The molecule has 2 atom stereocenters. The van der Waals surface area contributed by atoms with Crippen LogP contribution >= 0.6 is 23.4 Å². The molecule has 0 amide bonds. The summed E-state index contributed by atoms with van der Waals surface area (Å²) in [5.41, 5.74) is 0. The molecule has 0 saturated heterocycles. The Morgan fingerprint density at radius 1 is 1.35 bits per heavy atom. The lowest BCUT2D eigenvalue weighted by atomic mass is 10.2. The Hall–Kier alpha value is -1.41. The monoisotopic (exact) mass is 311 g/mol.